The Hall–Kier alpha value is -8.41. The summed E-state index contributed by atoms with van der Waals surface area (Å²) in [5, 5.41) is 11.6. The third-order valence-corrected chi connectivity index (χ3v) is 14.0. The van der Waals surface area contributed by atoms with Crippen LogP contribution in [0.15, 0.2) is 199 Å². The standard InChI is InChI=1S/C60H38N4O/c1-60(2)49-29-26-39(33-48(49)54-42-16-7-5-13-36(42)25-30-50(54)60)44-19-11-20-47-55-43-17-8-6-14-37(43)27-31-51(55)64(56(44)47)59-62-57(40-23-22-35-12-3-4-15-38(35)32-40)61-58(63-59)41-24-28-46-45-18-9-10-21-52(45)65-53(46)34-41/h3-34H,1-2H3. The Bertz CT molecular complexity index is 4170. The minimum atomic E-state index is -0.140. The first kappa shape index (κ1) is 36.1. The lowest BCUT2D eigenvalue weighted by Crippen LogP contribution is -2.14. The summed E-state index contributed by atoms with van der Waals surface area (Å²) in [7, 11) is 0. The van der Waals surface area contributed by atoms with E-state index in [2.05, 4.69) is 194 Å². The molecule has 13 aromatic rings. The van der Waals surface area contributed by atoms with E-state index in [0.29, 0.717) is 17.6 Å². The number of rotatable bonds is 4. The van der Waals surface area contributed by atoms with Gasteiger partial charge in [-0.1, -0.05) is 172 Å². The van der Waals surface area contributed by atoms with Gasteiger partial charge in [0.2, 0.25) is 5.95 Å². The molecule has 5 heteroatoms. The molecule has 65 heavy (non-hydrogen) atoms. The highest BCUT2D eigenvalue weighted by Crippen LogP contribution is 2.53. The van der Waals surface area contributed by atoms with Gasteiger partial charge >= 0.3 is 0 Å². The first-order valence-electron chi connectivity index (χ1n) is 22.3. The lowest BCUT2D eigenvalue weighted by atomic mass is 9.82. The van der Waals surface area contributed by atoms with Crippen LogP contribution in [-0.4, -0.2) is 19.5 Å². The molecule has 0 bridgehead atoms. The van der Waals surface area contributed by atoms with E-state index in [-0.39, 0.29) is 5.41 Å². The Labute approximate surface area is 373 Å². The lowest BCUT2D eigenvalue weighted by molar-refractivity contribution is 0.661. The van der Waals surface area contributed by atoms with Crippen molar-refractivity contribution < 1.29 is 4.42 Å². The maximum Gasteiger partial charge on any atom is 0.238 e. The molecule has 0 fully saturated rings. The van der Waals surface area contributed by atoms with Gasteiger partial charge in [-0.2, -0.15) is 9.97 Å². The van der Waals surface area contributed by atoms with Crippen LogP contribution < -0.4 is 0 Å². The number of fused-ring (bicyclic) bond motifs is 14. The fourth-order valence-electron chi connectivity index (χ4n) is 10.9. The minimum absolute atomic E-state index is 0.140. The molecule has 0 atom stereocenters. The number of hydrogen-bond donors (Lipinski definition) is 0. The molecule has 3 heterocycles. The van der Waals surface area contributed by atoms with Gasteiger partial charge in [-0.3, -0.25) is 4.57 Å². The zero-order valence-electron chi connectivity index (χ0n) is 35.7. The smallest absolute Gasteiger partial charge is 0.238 e. The highest BCUT2D eigenvalue weighted by molar-refractivity contribution is 6.23. The van der Waals surface area contributed by atoms with Gasteiger partial charge in [0.05, 0.1) is 11.0 Å². The van der Waals surface area contributed by atoms with Crippen molar-refractivity contribution in [3.8, 4) is 51.0 Å². The molecule has 0 saturated carbocycles. The van der Waals surface area contributed by atoms with Crippen molar-refractivity contribution in [1.82, 2.24) is 19.5 Å². The van der Waals surface area contributed by atoms with Crippen LogP contribution >= 0.6 is 0 Å². The summed E-state index contributed by atoms with van der Waals surface area (Å²) < 4.78 is 8.69. The van der Waals surface area contributed by atoms with E-state index < -0.39 is 0 Å². The maximum absolute atomic E-state index is 6.41. The average Bonchev–Trinajstić information content (AvgIpc) is 3.98. The number of para-hydroxylation sites is 2. The monoisotopic (exact) mass is 830 g/mol. The molecule has 0 aliphatic heterocycles. The fraction of sp³-hybridized carbons (Fsp3) is 0.0500. The average molecular weight is 831 g/mol. The molecule has 1 aliphatic carbocycles. The summed E-state index contributed by atoms with van der Waals surface area (Å²) in [5.41, 5.74) is 12.9. The van der Waals surface area contributed by atoms with Crippen LogP contribution in [-0.2, 0) is 5.41 Å². The van der Waals surface area contributed by atoms with Crippen molar-refractivity contribution >= 4 is 76.1 Å². The molecule has 0 radical (unpaired) electrons. The molecule has 0 unspecified atom stereocenters. The molecule has 304 valence electrons. The molecule has 3 aromatic heterocycles. The predicted octanol–water partition coefficient (Wildman–Crippen LogP) is 15.6. The molecule has 0 N–H and O–H groups in total. The highest BCUT2D eigenvalue weighted by Gasteiger charge is 2.37. The maximum atomic E-state index is 6.41. The molecule has 1 aliphatic rings. The van der Waals surface area contributed by atoms with Crippen LogP contribution in [0.3, 0.4) is 0 Å². The first-order valence-corrected chi connectivity index (χ1v) is 22.3. The second kappa shape index (κ2) is 13.3. The number of furan rings is 1. The number of benzene rings is 10. The van der Waals surface area contributed by atoms with Gasteiger partial charge in [-0.15, -0.1) is 0 Å². The Kier molecular flexibility index (Phi) is 7.39. The van der Waals surface area contributed by atoms with E-state index in [4.69, 9.17) is 19.4 Å². The lowest BCUT2D eigenvalue weighted by Gasteiger charge is -2.21. The first-order chi connectivity index (χ1) is 32.0. The van der Waals surface area contributed by atoms with Gasteiger partial charge in [0, 0.05) is 43.7 Å². The molecular weight excluding hydrogens is 793 g/mol. The van der Waals surface area contributed by atoms with E-state index >= 15 is 0 Å². The van der Waals surface area contributed by atoms with E-state index in [1.807, 2.05) is 18.2 Å². The Morgan fingerprint density at radius 3 is 1.88 bits per heavy atom. The van der Waals surface area contributed by atoms with Crippen LogP contribution in [0.25, 0.3) is 127 Å². The van der Waals surface area contributed by atoms with Gasteiger partial charge in [0.1, 0.15) is 11.2 Å². The predicted molar refractivity (Wildman–Crippen MR) is 268 cm³/mol. The minimum Gasteiger partial charge on any atom is -0.456 e. The Morgan fingerprint density at radius 2 is 1.03 bits per heavy atom. The Balaban J connectivity index is 1.07. The van der Waals surface area contributed by atoms with Crippen molar-refractivity contribution in [3.05, 3.63) is 205 Å². The topological polar surface area (TPSA) is 56.7 Å². The summed E-state index contributed by atoms with van der Waals surface area (Å²) in [5.74, 6) is 1.71. The van der Waals surface area contributed by atoms with Crippen molar-refractivity contribution in [2.24, 2.45) is 0 Å². The van der Waals surface area contributed by atoms with E-state index in [1.165, 1.54) is 43.8 Å². The van der Waals surface area contributed by atoms with E-state index in [0.717, 1.165) is 76.8 Å². The number of aromatic nitrogens is 4. The molecule has 0 saturated heterocycles. The summed E-state index contributed by atoms with van der Waals surface area (Å²) in [6, 6.07) is 69.6. The summed E-state index contributed by atoms with van der Waals surface area (Å²) in [6.07, 6.45) is 0. The number of nitrogens with zero attached hydrogens (tertiary/aromatic N) is 4. The number of hydrogen-bond acceptors (Lipinski definition) is 4. The van der Waals surface area contributed by atoms with Crippen LogP contribution in [0.5, 0.6) is 0 Å². The summed E-state index contributed by atoms with van der Waals surface area (Å²) >= 11 is 0. The van der Waals surface area contributed by atoms with E-state index in [9.17, 15) is 0 Å². The Morgan fingerprint density at radius 1 is 0.415 bits per heavy atom. The van der Waals surface area contributed by atoms with Gasteiger partial charge in [0.25, 0.3) is 0 Å². The van der Waals surface area contributed by atoms with Crippen molar-refractivity contribution in [2.45, 2.75) is 19.3 Å². The fourth-order valence-corrected chi connectivity index (χ4v) is 10.9. The van der Waals surface area contributed by atoms with Crippen LogP contribution in [0.1, 0.15) is 25.0 Å². The van der Waals surface area contributed by atoms with Crippen molar-refractivity contribution in [1.29, 1.82) is 0 Å². The largest absolute Gasteiger partial charge is 0.456 e. The molecule has 0 amide bonds. The third-order valence-electron chi connectivity index (χ3n) is 14.0. The second-order valence-corrected chi connectivity index (χ2v) is 18.0. The van der Waals surface area contributed by atoms with Gasteiger partial charge in [-0.05, 0) is 96.5 Å². The zero-order chi connectivity index (χ0) is 43.0. The van der Waals surface area contributed by atoms with Gasteiger partial charge in [-0.25, -0.2) is 4.98 Å². The molecule has 0 spiro atoms. The second-order valence-electron chi connectivity index (χ2n) is 18.0. The van der Waals surface area contributed by atoms with Gasteiger partial charge < -0.3 is 4.42 Å². The van der Waals surface area contributed by atoms with Gasteiger partial charge in [0.15, 0.2) is 11.6 Å². The summed E-state index contributed by atoms with van der Waals surface area (Å²) in [6.45, 7) is 4.71. The summed E-state index contributed by atoms with van der Waals surface area (Å²) in [4.78, 5) is 16.2. The van der Waals surface area contributed by atoms with Crippen LogP contribution in [0.4, 0.5) is 0 Å². The molecule has 14 rings (SSSR count). The quantitative estimate of drug-likeness (QED) is 0.177. The molecule has 5 nitrogen and oxygen atoms in total. The normalized spacial score (nSPS) is 13.2. The zero-order valence-corrected chi connectivity index (χ0v) is 35.7. The molecular formula is C60H38N4O. The van der Waals surface area contributed by atoms with Crippen LogP contribution in [0, 0.1) is 0 Å². The van der Waals surface area contributed by atoms with Crippen molar-refractivity contribution in [2.75, 3.05) is 0 Å². The third kappa shape index (κ3) is 5.24. The molecule has 10 aromatic carbocycles. The highest BCUT2D eigenvalue weighted by atomic mass is 16.3. The van der Waals surface area contributed by atoms with Crippen LogP contribution in [0.2, 0.25) is 0 Å². The van der Waals surface area contributed by atoms with E-state index in [1.54, 1.807) is 0 Å². The SMILES string of the molecule is CC1(C)c2ccc(-c3cccc4c5c6ccccc6ccc5n(-c5nc(-c6ccc7ccccc7c6)nc(-c6ccc7c(c6)oc6ccccc67)n5)c34)cc2-c2c1ccc1ccccc21. The van der Waals surface area contributed by atoms with Crippen molar-refractivity contribution in [3.63, 3.8) is 0 Å².